The van der Waals surface area contributed by atoms with Gasteiger partial charge in [0.1, 0.15) is 30.5 Å². The number of para-hydroxylation sites is 1. The van der Waals surface area contributed by atoms with Gasteiger partial charge in [-0.15, -0.1) is 0 Å². The molecule has 1 heterocycles. The predicted octanol–water partition coefficient (Wildman–Crippen LogP) is 3.46. The fraction of sp³-hybridized carbons (Fsp3) is 0.409. The summed E-state index contributed by atoms with van der Waals surface area (Å²) in [6, 6.07) is 15.3. The van der Waals surface area contributed by atoms with Crippen molar-refractivity contribution in [1.29, 1.82) is 0 Å². The van der Waals surface area contributed by atoms with E-state index in [1.165, 1.54) is 0 Å². The number of ether oxygens (including phenoxy) is 4. The Hall–Kier alpha value is -2.73. The Bertz CT molecular complexity index is 765. The van der Waals surface area contributed by atoms with Gasteiger partial charge in [0.15, 0.2) is 0 Å². The van der Waals surface area contributed by atoms with Gasteiger partial charge in [0.05, 0.1) is 26.9 Å². The van der Waals surface area contributed by atoms with Gasteiger partial charge >= 0.3 is 0 Å². The quantitative estimate of drug-likeness (QED) is 0.619. The van der Waals surface area contributed by atoms with Crippen LogP contribution < -0.4 is 14.2 Å². The Morgan fingerprint density at radius 1 is 1.04 bits per heavy atom. The van der Waals surface area contributed by atoms with E-state index in [9.17, 15) is 4.79 Å². The molecule has 0 N–H and O–H groups in total. The molecular formula is C22H27NO5. The van der Waals surface area contributed by atoms with Crippen molar-refractivity contribution in [2.24, 2.45) is 0 Å². The molecule has 3 rings (SSSR count). The van der Waals surface area contributed by atoms with Crippen molar-refractivity contribution in [2.75, 3.05) is 40.6 Å². The van der Waals surface area contributed by atoms with Gasteiger partial charge in [0.25, 0.3) is 0 Å². The van der Waals surface area contributed by atoms with E-state index in [0.717, 1.165) is 42.2 Å². The second-order valence-electron chi connectivity index (χ2n) is 6.57. The maximum absolute atomic E-state index is 12.7. The fourth-order valence-electron chi connectivity index (χ4n) is 3.46. The van der Waals surface area contributed by atoms with E-state index in [1.54, 1.807) is 14.2 Å². The van der Waals surface area contributed by atoms with Crippen LogP contribution in [0.15, 0.2) is 48.5 Å². The van der Waals surface area contributed by atoms with Gasteiger partial charge in [0, 0.05) is 18.2 Å². The third-order valence-electron chi connectivity index (χ3n) is 4.84. The van der Waals surface area contributed by atoms with Gasteiger partial charge in [-0.25, -0.2) is 0 Å². The first kappa shape index (κ1) is 20.0. The standard InChI is InChI=1S/C22H27NO5/c1-25-18-10-11-19(21(15-18)26-2)20-9-6-12-23(20)22(24)16-27-13-14-28-17-7-4-3-5-8-17/h3-5,7-8,10-11,15,20H,6,9,12-14,16H2,1-2H3. The number of hydrogen-bond acceptors (Lipinski definition) is 5. The number of carbonyl (C=O) groups excluding carboxylic acids is 1. The minimum atomic E-state index is -0.0138. The van der Waals surface area contributed by atoms with Crippen molar-refractivity contribution in [2.45, 2.75) is 18.9 Å². The summed E-state index contributed by atoms with van der Waals surface area (Å²) in [5.74, 6) is 2.25. The van der Waals surface area contributed by atoms with Crippen molar-refractivity contribution in [3.8, 4) is 17.2 Å². The smallest absolute Gasteiger partial charge is 0.249 e. The monoisotopic (exact) mass is 385 g/mol. The Morgan fingerprint density at radius 2 is 1.86 bits per heavy atom. The number of amides is 1. The lowest BCUT2D eigenvalue weighted by Gasteiger charge is -2.26. The van der Waals surface area contributed by atoms with Gasteiger partial charge in [-0.2, -0.15) is 0 Å². The Balaban J connectivity index is 1.52. The molecular weight excluding hydrogens is 358 g/mol. The van der Waals surface area contributed by atoms with Crippen LogP contribution >= 0.6 is 0 Å². The van der Waals surface area contributed by atoms with E-state index in [1.807, 2.05) is 53.4 Å². The van der Waals surface area contributed by atoms with Crippen LogP contribution in [0.25, 0.3) is 0 Å². The zero-order valence-corrected chi connectivity index (χ0v) is 16.4. The van der Waals surface area contributed by atoms with Gasteiger partial charge in [0.2, 0.25) is 5.91 Å². The minimum absolute atomic E-state index is 0.00229. The summed E-state index contributed by atoms with van der Waals surface area (Å²) in [5.41, 5.74) is 1.00. The molecule has 1 aliphatic heterocycles. The van der Waals surface area contributed by atoms with Crippen molar-refractivity contribution in [1.82, 2.24) is 4.90 Å². The highest BCUT2D eigenvalue weighted by atomic mass is 16.5. The summed E-state index contributed by atoms with van der Waals surface area (Å²) in [6.07, 6.45) is 1.87. The normalized spacial score (nSPS) is 16.1. The molecule has 0 aliphatic carbocycles. The summed E-state index contributed by atoms with van der Waals surface area (Å²) in [5, 5.41) is 0. The summed E-state index contributed by atoms with van der Waals surface area (Å²) in [6.45, 7) is 1.55. The van der Waals surface area contributed by atoms with E-state index in [-0.39, 0.29) is 18.6 Å². The number of likely N-dealkylation sites (tertiary alicyclic amines) is 1. The molecule has 2 aromatic rings. The van der Waals surface area contributed by atoms with Gasteiger partial charge in [-0.3, -0.25) is 4.79 Å². The third-order valence-corrected chi connectivity index (χ3v) is 4.84. The Labute approximate surface area is 166 Å². The molecule has 1 fully saturated rings. The SMILES string of the molecule is COc1ccc(C2CCCN2C(=O)COCCOc2ccccc2)c(OC)c1. The highest BCUT2D eigenvalue weighted by Crippen LogP contribution is 2.38. The molecule has 0 spiro atoms. The third kappa shape index (κ3) is 4.95. The van der Waals surface area contributed by atoms with Crippen molar-refractivity contribution in [3.63, 3.8) is 0 Å². The topological polar surface area (TPSA) is 57.2 Å². The van der Waals surface area contributed by atoms with Crippen molar-refractivity contribution >= 4 is 5.91 Å². The van der Waals surface area contributed by atoms with E-state index in [4.69, 9.17) is 18.9 Å². The number of hydrogen-bond donors (Lipinski definition) is 0. The lowest BCUT2D eigenvalue weighted by atomic mass is 10.0. The number of nitrogens with zero attached hydrogens (tertiary/aromatic N) is 1. The molecule has 0 bridgehead atoms. The second kappa shape index (κ2) is 9.99. The first-order valence-electron chi connectivity index (χ1n) is 9.50. The van der Waals surface area contributed by atoms with Gasteiger partial charge < -0.3 is 23.8 Å². The largest absolute Gasteiger partial charge is 0.497 e. The van der Waals surface area contributed by atoms with Gasteiger partial charge in [-0.05, 0) is 37.1 Å². The fourth-order valence-corrected chi connectivity index (χ4v) is 3.46. The summed E-state index contributed by atoms with van der Waals surface area (Å²) < 4.78 is 21.9. The molecule has 2 aromatic carbocycles. The van der Waals surface area contributed by atoms with Crippen LogP contribution in [-0.4, -0.2) is 51.4 Å². The molecule has 6 heteroatoms. The molecule has 1 atom stereocenters. The van der Waals surface area contributed by atoms with Crippen molar-refractivity contribution < 1.29 is 23.7 Å². The van der Waals surface area contributed by atoms with Crippen LogP contribution in [0.2, 0.25) is 0 Å². The van der Waals surface area contributed by atoms with E-state index in [0.29, 0.717) is 13.2 Å². The molecule has 1 unspecified atom stereocenters. The minimum Gasteiger partial charge on any atom is -0.497 e. The molecule has 150 valence electrons. The van der Waals surface area contributed by atoms with Crippen LogP contribution in [0, 0.1) is 0 Å². The van der Waals surface area contributed by atoms with E-state index < -0.39 is 0 Å². The molecule has 0 saturated carbocycles. The van der Waals surface area contributed by atoms with Crippen LogP contribution in [0.1, 0.15) is 24.4 Å². The first-order chi connectivity index (χ1) is 13.7. The van der Waals surface area contributed by atoms with Crippen molar-refractivity contribution in [3.05, 3.63) is 54.1 Å². The first-order valence-corrected chi connectivity index (χ1v) is 9.50. The molecule has 1 amide bonds. The molecule has 0 aromatic heterocycles. The Morgan fingerprint density at radius 3 is 2.61 bits per heavy atom. The van der Waals surface area contributed by atoms with E-state index >= 15 is 0 Å². The summed E-state index contributed by atoms with van der Waals surface area (Å²) in [4.78, 5) is 14.6. The average molecular weight is 385 g/mol. The number of carbonyl (C=O) groups is 1. The molecule has 1 aliphatic rings. The molecule has 0 radical (unpaired) electrons. The number of benzene rings is 2. The van der Waals surface area contributed by atoms with Crippen LogP contribution in [0.5, 0.6) is 17.2 Å². The van der Waals surface area contributed by atoms with Crippen LogP contribution in [0.3, 0.4) is 0 Å². The lowest BCUT2D eigenvalue weighted by Crippen LogP contribution is -2.34. The molecule has 6 nitrogen and oxygen atoms in total. The predicted molar refractivity (Wildman–Crippen MR) is 106 cm³/mol. The maximum Gasteiger partial charge on any atom is 0.249 e. The highest BCUT2D eigenvalue weighted by Gasteiger charge is 2.31. The van der Waals surface area contributed by atoms with Gasteiger partial charge in [-0.1, -0.05) is 18.2 Å². The second-order valence-corrected chi connectivity index (χ2v) is 6.57. The number of methoxy groups -OCH3 is 2. The van der Waals surface area contributed by atoms with E-state index in [2.05, 4.69) is 0 Å². The number of rotatable bonds is 9. The molecule has 1 saturated heterocycles. The maximum atomic E-state index is 12.7. The van der Waals surface area contributed by atoms with Crippen LogP contribution in [-0.2, 0) is 9.53 Å². The molecule has 28 heavy (non-hydrogen) atoms. The average Bonchev–Trinajstić information content (AvgIpc) is 3.23. The van der Waals surface area contributed by atoms with Crippen LogP contribution in [0.4, 0.5) is 0 Å². The lowest BCUT2D eigenvalue weighted by molar-refractivity contribution is -0.137. The zero-order valence-electron chi connectivity index (χ0n) is 16.4. The Kier molecular flexibility index (Phi) is 7.14. The highest BCUT2D eigenvalue weighted by molar-refractivity contribution is 5.78. The summed E-state index contributed by atoms with van der Waals surface area (Å²) >= 11 is 0. The summed E-state index contributed by atoms with van der Waals surface area (Å²) in [7, 11) is 3.26. The zero-order chi connectivity index (χ0) is 19.8.